The van der Waals surface area contributed by atoms with E-state index < -0.39 is 0 Å². The van der Waals surface area contributed by atoms with Crippen LogP contribution in [0.3, 0.4) is 0 Å². The lowest BCUT2D eigenvalue weighted by atomic mass is 9.73. The first-order valence-corrected chi connectivity index (χ1v) is 7.95. The van der Waals surface area contributed by atoms with E-state index >= 15 is 0 Å². The van der Waals surface area contributed by atoms with Gasteiger partial charge in [0.05, 0.1) is 0 Å². The summed E-state index contributed by atoms with van der Waals surface area (Å²) in [4.78, 5) is 0. The van der Waals surface area contributed by atoms with Gasteiger partial charge in [0.1, 0.15) is 0 Å². The summed E-state index contributed by atoms with van der Waals surface area (Å²) in [5, 5.41) is 7.37. The molecular formula is C18H26N2. The molecule has 1 aromatic rings. The zero-order valence-electron chi connectivity index (χ0n) is 12.9. The Morgan fingerprint density at radius 1 is 1.40 bits per heavy atom. The fraction of sp³-hybridized carbons (Fsp3) is 0.556. The molecule has 0 bridgehead atoms. The summed E-state index contributed by atoms with van der Waals surface area (Å²) in [5.74, 6) is 1.22. The highest BCUT2D eigenvalue weighted by Gasteiger charge is 2.37. The molecular weight excluding hydrogens is 244 g/mol. The van der Waals surface area contributed by atoms with Gasteiger partial charge in [-0.3, -0.25) is 0 Å². The minimum absolute atomic E-state index is 0.526. The number of rotatable bonds is 4. The maximum Gasteiger partial charge on any atom is 0.0379 e. The van der Waals surface area contributed by atoms with Crippen molar-refractivity contribution >= 4 is 5.69 Å². The van der Waals surface area contributed by atoms with Gasteiger partial charge in [0, 0.05) is 30.1 Å². The van der Waals surface area contributed by atoms with Gasteiger partial charge in [0.15, 0.2) is 0 Å². The lowest BCUT2D eigenvalue weighted by Crippen LogP contribution is -2.39. The molecule has 0 saturated carbocycles. The van der Waals surface area contributed by atoms with Crippen molar-refractivity contribution in [3.63, 3.8) is 0 Å². The Bertz CT molecular complexity index is 514. The van der Waals surface area contributed by atoms with Crippen LogP contribution in [0.4, 0.5) is 5.69 Å². The van der Waals surface area contributed by atoms with Crippen molar-refractivity contribution in [3.05, 3.63) is 41.0 Å². The minimum atomic E-state index is 0.526. The molecule has 3 rings (SSSR count). The topological polar surface area (TPSA) is 24.1 Å². The van der Waals surface area contributed by atoms with Gasteiger partial charge >= 0.3 is 0 Å². The van der Waals surface area contributed by atoms with Gasteiger partial charge in [-0.05, 0) is 50.4 Å². The maximum atomic E-state index is 3.78. The number of anilines is 1. The van der Waals surface area contributed by atoms with E-state index in [4.69, 9.17) is 0 Å². The van der Waals surface area contributed by atoms with E-state index in [2.05, 4.69) is 55.7 Å². The number of nitrogens with one attached hydrogen (secondary N) is 2. The highest BCUT2D eigenvalue weighted by molar-refractivity contribution is 5.63. The molecule has 2 heteroatoms. The molecule has 1 aromatic carbocycles. The van der Waals surface area contributed by atoms with Crippen LogP contribution in [0.2, 0.25) is 0 Å². The monoisotopic (exact) mass is 270 g/mol. The van der Waals surface area contributed by atoms with Gasteiger partial charge in [-0.15, -0.1) is 0 Å². The molecule has 0 amide bonds. The molecule has 0 radical (unpaired) electrons. The first-order chi connectivity index (χ1) is 9.70. The molecule has 0 saturated heterocycles. The Balaban J connectivity index is 2.00. The molecule has 1 aliphatic heterocycles. The molecule has 0 spiro atoms. The van der Waals surface area contributed by atoms with E-state index in [1.165, 1.54) is 24.1 Å². The van der Waals surface area contributed by atoms with Crippen molar-refractivity contribution in [2.24, 2.45) is 0 Å². The van der Waals surface area contributed by atoms with Crippen molar-refractivity contribution in [1.82, 2.24) is 5.32 Å². The summed E-state index contributed by atoms with van der Waals surface area (Å²) in [6, 6.07) is 7.36. The molecule has 20 heavy (non-hydrogen) atoms. The molecule has 0 fully saturated rings. The number of allylic oxidation sites excluding steroid dienone is 1. The Morgan fingerprint density at radius 3 is 3.00 bits per heavy atom. The summed E-state index contributed by atoms with van der Waals surface area (Å²) >= 11 is 0. The molecule has 0 aromatic heterocycles. The van der Waals surface area contributed by atoms with Crippen molar-refractivity contribution in [2.75, 3.05) is 18.4 Å². The second kappa shape index (κ2) is 5.61. The summed E-state index contributed by atoms with van der Waals surface area (Å²) in [6.45, 7) is 8.90. The number of benzene rings is 1. The molecule has 2 aliphatic rings. The second-order valence-corrected chi connectivity index (χ2v) is 6.45. The Hall–Kier alpha value is -1.28. The molecule has 108 valence electrons. The predicted molar refractivity (Wildman–Crippen MR) is 86.5 cm³/mol. The van der Waals surface area contributed by atoms with E-state index in [1.807, 2.05) is 0 Å². The minimum Gasteiger partial charge on any atom is -0.384 e. The number of hydrogen-bond acceptors (Lipinski definition) is 2. The summed E-state index contributed by atoms with van der Waals surface area (Å²) < 4.78 is 0. The number of hydrogen-bond donors (Lipinski definition) is 2. The molecule has 2 unspecified atom stereocenters. The smallest absolute Gasteiger partial charge is 0.0379 e. The van der Waals surface area contributed by atoms with Gasteiger partial charge in [-0.1, -0.05) is 30.7 Å². The molecule has 1 aliphatic carbocycles. The predicted octanol–water partition coefficient (Wildman–Crippen LogP) is 4.02. The van der Waals surface area contributed by atoms with Crippen LogP contribution in [0.25, 0.3) is 0 Å². The van der Waals surface area contributed by atoms with Crippen molar-refractivity contribution in [2.45, 2.75) is 51.5 Å². The average Bonchev–Trinajstić information content (AvgIpc) is 2.84. The average molecular weight is 270 g/mol. The van der Waals surface area contributed by atoms with E-state index in [0.717, 1.165) is 13.1 Å². The SMILES string of the molecule is CCCN[C@H]1CC2CNc3cccc(c32)C1C=C(C)C. The van der Waals surface area contributed by atoms with Crippen LogP contribution in [0.5, 0.6) is 0 Å². The van der Waals surface area contributed by atoms with Crippen LogP contribution in [0.1, 0.15) is 56.6 Å². The summed E-state index contributed by atoms with van der Waals surface area (Å²) in [6.07, 6.45) is 4.91. The van der Waals surface area contributed by atoms with E-state index in [9.17, 15) is 0 Å². The zero-order valence-corrected chi connectivity index (χ0v) is 12.9. The van der Waals surface area contributed by atoms with Crippen molar-refractivity contribution < 1.29 is 0 Å². The zero-order chi connectivity index (χ0) is 14.1. The van der Waals surface area contributed by atoms with Gasteiger partial charge in [0.2, 0.25) is 0 Å². The third kappa shape index (κ3) is 2.37. The van der Waals surface area contributed by atoms with E-state index in [-0.39, 0.29) is 0 Å². The van der Waals surface area contributed by atoms with Gasteiger partial charge < -0.3 is 10.6 Å². The summed E-state index contributed by atoms with van der Waals surface area (Å²) in [7, 11) is 0. The fourth-order valence-corrected chi connectivity index (χ4v) is 3.79. The lowest BCUT2D eigenvalue weighted by Gasteiger charge is -2.35. The van der Waals surface area contributed by atoms with Gasteiger partial charge in [-0.25, -0.2) is 0 Å². The van der Waals surface area contributed by atoms with Gasteiger partial charge in [-0.2, -0.15) is 0 Å². The fourth-order valence-electron chi connectivity index (χ4n) is 3.79. The van der Waals surface area contributed by atoms with Crippen molar-refractivity contribution in [3.8, 4) is 0 Å². The van der Waals surface area contributed by atoms with Crippen LogP contribution in [0, 0.1) is 0 Å². The first-order valence-electron chi connectivity index (χ1n) is 7.95. The third-order valence-corrected chi connectivity index (χ3v) is 4.59. The highest BCUT2D eigenvalue weighted by atomic mass is 15.0. The van der Waals surface area contributed by atoms with E-state index in [1.54, 1.807) is 11.1 Å². The van der Waals surface area contributed by atoms with Crippen LogP contribution < -0.4 is 10.6 Å². The van der Waals surface area contributed by atoms with Crippen LogP contribution >= 0.6 is 0 Å². The normalized spacial score (nSPS) is 26.9. The highest BCUT2D eigenvalue weighted by Crippen LogP contribution is 2.46. The Morgan fingerprint density at radius 2 is 2.25 bits per heavy atom. The molecule has 3 atom stereocenters. The Labute approximate surface area is 122 Å². The largest absolute Gasteiger partial charge is 0.384 e. The van der Waals surface area contributed by atoms with Crippen LogP contribution in [-0.4, -0.2) is 19.1 Å². The second-order valence-electron chi connectivity index (χ2n) is 6.45. The first kappa shape index (κ1) is 13.7. The third-order valence-electron chi connectivity index (χ3n) is 4.59. The lowest BCUT2D eigenvalue weighted by molar-refractivity contribution is 0.396. The molecule has 1 heterocycles. The van der Waals surface area contributed by atoms with E-state index in [0.29, 0.717) is 17.9 Å². The van der Waals surface area contributed by atoms with Crippen LogP contribution in [-0.2, 0) is 0 Å². The molecule has 2 nitrogen and oxygen atoms in total. The quantitative estimate of drug-likeness (QED) is 0.808. The summed E-state index contributed by atoms with van der Waals surface area (Å²) in [5.41, 5.74) is 5.91. The van der Waals surface area contributed by atoms with Crippen LogP contribution in [0.15, 0.2) is 29.8 Å². The standard InChI is InChI=1S/C18H26N2/c1-4-8-19-17-10-13-11-20-16-7-5-6-14(18(13)16)15(17)9-12(2)3/h5-7,9,13,15,17,19-20H,4,8,10-11H2,1-3H3/t13?,15?,17-/m0/s1. The maximum absolute atomic E-state index is 3.78. The van der Waals surface area contributed by atoms with Crippen molar-refractivity contribution in [1.29, 1.82) is 0 Å². The van der Waals surface area contributed by atoms with Gasteiger partial charge in [0.25, 0.3) is 0 Å². The molecule has 2 N–H and O–H groups in total. The Kier molecular flexibility index (Phi) is 3.84.